The fourth-order valence-electron chi connectivity index (χ4n) is 1.83. The van der Waals surface area contributed by atoms with Crippen LogP contribution in [0.25, 0.3) is 0 Å². The van der Waals surface area contributed by atoms with E-state index >= 15 is 0 Å². The quantitative estimate of drug-likeness (QED) is 0.309. The van der Waals surface area contributed by atoms with Crippen molar-refractivity contribution in [1.82, 2.24) is 4.90 Å². The molecule has 0 bridgehead atoms. The van der Waals surface area contributed by atoms with E-state index in [9.17, 15) is 4.79 Å². The molecule has 0 aromatic heterocycles. The van der Waals surface area contributed by atoms with Gasteiger partial charge in [-0.2, -0.15) is 0 Å². The maximum atomic E-state index is 11.9. The molecule has 3 N–H and O–H groups in total. The van der Waals surface area contributed by atoms with Crippen molar-refractivity contribution in [3.05, 3.63) is 0 Å². The average Bonchev–Trinajstić information content (AvgIpc) is 2.23. The van der Waals surface area contributed by atoms with Crippen molar-refractivity contribution >= 4 is 11.7 Å². The summed E-state index contributed by atoms with van der Waals surface area (Å²) in [6, 6.07) is 0. The molecule has 0 atom stereocenters. The third-order valence-electron chi connectivity index (χ3n) is 3.19. The molecular formula is C11H21N3O2. The fourth-order valence-corrected chi connectivity index (χ4v) is 1.83. The number of rotatable bonds is 6. The number of nitrogens with zero attached hydrogens (tertiary/aromatic N) is 2. The predicted molar refractivity (Wildman–Crippen MR) is 62.2 cm³/mol. The van der Waals surface area contributed by atoms with Gasteiger partial charge in [0.15, 0.2) is 0 Å². The Bertz CT molecular complexity index is 262. The van der Waals surface area contributed by atoms with E-state index in [4.69, 9.17) is 10.9 Å². The lowest BCUT2D eigenvalue weighted by molar-refractivity contribution is -0.132. The van der Waals surface area contributed by atoms with Gasteiger partial charge in [0.2, 0.25) is 5.91 Å². The van der Waals surface area contributed by atoms with Gasteiger partial charge in [0, 0.05) is 25.9 Å². The van der Waals surface area contributed by atoms with Gasteiger partial charge in [-0.1, -0.05) is 11.6 Å². The Balaban J connectivity index is 2.30. The number of amides is 1. The summed E-state index contributed by atoms with van der Waals surface area (Å²) in [6.07, 6.45) is 4.71. The first kappa shape index (κ1) is 12.8. The Kier molecular flexibility index (Phi) is 5.08. The molecule has 0 radical (unpaired) electrons. The van der Waals surface area contributed by atoms with Crippen LogP contribution < -0.4 is 5.73 Å². The fraction of sp³-hybridized carbons (Fsp3) is 0.818. The van der Waals surface area contributed by atoms with Gasteiger partial charge in [0.25, 0.3) is 0 Å². The normalized spacial score (nSPS) is 16.9. The van der Waals surface area contributed by atoms with Crippen LogP contribution in [0.5, 0.6) is 0 Å². The maximum Gasteiger partial charge on any atom is 0.222 e. The van der Waals surface area contributed by atoms with E-state index in [0.717, 1.165) is 0 Å². The highest BCUT2D eigenvalue weighted by Crippen LogP contribution is 2.29. The third kappa shape index (κ3) is 3.72. The van der Waals surface area contributed by atoms with E-state index in [1.54, 1.807) is 4.90 Å². The summed E-state index contributed by atoms with van der Waals surface area (Å²) in [5.74, 6) is 0.957. The average molecular weight is 227 g/mol. The molecule has 1 aliphatic carbocycles. The summed E-state index contributed by atoms with van der Waals surface area (Å²) in [7, 11) is 0. The van der Waals surface area contributed by atoms with E-state index in [0.29, 0.717) is 31.8 Å². The largest absolute Gasteiger partial charge is 0.409 e. The summed E-state index contributed by atoms with van der Waals surface area (Å²) in [4.78, 5) is 13.6. The van der Waals surface area contributed by atoms with Crippen LogP contribution in [-0.2, 0) is 4.79 Å². The molecule has 1 fully saturated rings. The number of nitrogens with two attached hydrogens (primary N) is 1. The van der Waals surface area contributed by atoms with Gasteiger partial charge in [-0.25, -0.2) is 0 Å². The highest BCUT2D eigenvalue weighted by molar-refractivity contribution is 5.81. The Hall–Kier alpha value is -1.26. The number of carbonyl (C=O) groups is 1. The van der Waals surface area contributed by atoms with Crippen molar-refractivity contribution in [2.24, 2.45) is 16.8 Å². The molecule has 0 aromatic carbocycles. The van der Waals surface area contributed by atoms with Gasteiger partial charge in [0.05, 0.1) is 0 Å². The molecule has 0 spiro atoms. The monoisotopic (exact) mass is 227 g/mol. The molecule has 1 amide bonds. The van der Waals surface area contributed by atoms with Crippen LogP contribution in [0.4, 0.5) is 0 Å². The molecule has 0 heterocycles. The first-order chi connectivity index (χ1) is 7.67. The Morgan fingerprint density at radius 3 is 2.69 bits per heavy atom. The second-order valence-electron chi connectivity index (χ2n) is 4.32. The minimum atomic E-state index is 0.176. The van der Waals surface area contributed by atoms with E-state index in [1.165, 1.54) is 19.3 Å². The van der Waals surface area contributed by atoms with Crippen molar-refractivity contribution in [1.29, 1.82) is 0 Å². The van der Waals surface area contributed by atoms with Crippen molar-refractivity contribution < 1.29 is 10.0 Å². The molecule has 0 saturated heterocycles. The molecule has 1 aliphatic rings. The van der Waals surface area contributed by atoms with Crippen LogP contribution in [0.3, 0.4) is 0 Å². The van der Waals surface area contributed by atoms with Crippen LogP contribution in [0.1, 0.15) is 39.0 Å². The number of oxime groups is 1. The molecule has 5 heteroatoms. The second-order valence-corrected chi connectivity index (χ2v) is 4.32. The van der Waals surface area contributed by atoms with Gasteiger partial charge in [0.1, 0.15) is 5.84 Å². The zero-order chi connectivity index (χ0) is 12.0. The van der Waals surface area contributed by atoms with E-state index in [1.807, 2.05) is 6.92 Å². The molecule has 0 aromatic rings. The van der Waals surface area contributed by atoms with Crippen molar-refractivity contribution in [2.75, 3.05) is 13.1 Å². The molecule has 5 nitrogen and oxygen atoms in total. The lowest BCUT2D eigenvalue weighted by Crippen LogP contribution is -2.35. The zero-order valence-electron chi connectivity index (χ0n) is 9.85. The molecule has 92 valence electrons. The highest BCUT2D eigenvalue weighted by Gasteiger charge is 2.23. The van der Waals surface area contributed by atoms with Gasteiger partial charge in [-0.05, 0) is 25.7 Å². The van der Waals surface area contributed by atoms with Crippen LogP contribution in [0, 0.1) is 5.92 Å². The van der Waals surface area contributed by atoms with Crippen molar-refractivity contribution in [2.45, 2.75) is 39.0 Å². The van der Waals surface area contributed by atoms with E-state index < -0.39 is 0 Å². The van der Waals surface area contributed by atoms with Gasteiger partial charge >= 0.3 is 0 Å². The Labute approximate surface area is 96.3 Å². The van der Waals surface area contributed by atoms with Crippen LogP contribution in [0.15, 0.2) is 5.16 Å². The lowest BCUT2D eigenvalue weighted by atomic mass is 9.82. The summed E-state index contributed by atoms with van der Waals surface area (Å²) < 4.78 is 0. The lowest BCUT2D eigenvalue weighted by Gasteiger charge is -2.28. The Morgan fingerprint density at radius 1 is 1.56 bits per heavy atom. The van der Waals surface area contributed by atoms with Gasteiger partial charge < -0.3 is 15.8 Å². The summed E-state index contributed by atoms with van der Waals surface area (Å²) in [6.45, 7) is 3.17. The number of hydrogen-bond acceptors (Lipinski definition) is 3. The molecule has 0 aliphatic heterocycles. The second kappa shape index (κ2) is 6.35. The minimum Gasteiger partial charge on any atom is -0.409 e. The van der Waals surface area contributed by atoms with Crippen molar-refractivity contribution in [3.8, 4) is 0 Å². The number of carbonyl (C=O) groups excluding carboxylic acids is 1. The minimum absolute atomic E-state index is 0.176. The van der Waals surface area contributed by atoms with E-state index in [-0.39, 0.29) is 11.7 Å². The standard InChI is InChI=1S/C11H21N3O2/c1-2-14(7-6-10(12)13-16)11(15)8-9-4-3-5-9/h9,16H,2-8H2,1H3,(H2,12,13). The van der Waals surface area contributed by atoms with E-state index in [2.05, 4.69) is 5.16 Å². The number of hydrogen-bond donors (Lipinski definition) is 2. The molecular weight excluding hydrogens is 206 g/mol. The highest BCUT2D eigenvalue weighted by atomic mass is 16.4. The van der Waals surface area contributed by atoms with Crippen molar-refractivity contribution in [3.63, 3.8) is 0 Å². The van der Waals surface area contributed by atoms with Gasteiger partial charge in [-0.3, -0.25) is 4.79 Å². The summed E-state index contributed by atoms with van der Waals surface area (Å²) >= 11 is 0. The Morgan fingerprint density at radius 2 is 2.25 bits per heavy atom. The SMILES string of the molecule is CCN(CCC(N)=NO)C(=O)CC1CCC1. The smallest absolute Gasteiger partial charge is 0.222 e. The summed E-state index contributed by atoms with van der Waals surface area (Å²) in [5.41, 5.74) is 5.38. The predicted octanol–water partition coefficient (Wildman–Crippen LogP) is 1.16. The van der Waals surface area contributed by atoms with Crippen LogP contribution in [0.2, 0.25) is 0 Å². The first-order valence-electron chi connectivity index (χ1n) is 5.91. The molecule has 0 unspecified atom stereocenters. The van der Waals surface area contributed by atoms with Gasteiger partial charge in [-0.15, -0.1) is 0 Å². The topological polar surface area (TPSA) is 78.9 Å². The molecule has 16 heavy (non-hydrogen) atoms. The number of amidine groups is 1. The zero-order valence-corrected chi connectivity index (χ0v) is 9.85. The van der Waals surface area contributed by atoms with Crippen LogP contribution in [-0.4, -0.2) is 34.9 Å². The molecule has 1 rings (SSSR count). The first-order valence-corrected chi connectivity index (χ1v) is 5.91. The summed E-state index contributed by atoms with van der Waals surface area (Å²) in [5, 5.41) is 11.3. The molecule has 1 saturated carbocycles. The third-order valence-corrected chi connectivity index (χ3v) is 3.19. The maximum absolute atomic E-state index is 11.9. The van der Waals surface area contributed by atoms with Crippen LogP contribution >= 0.6 is 0 Å².